The summed E-state index contributed by atoms with van der Waals surface area (Å²) in [5, 5.41) is 1.47. The molecule has 110 valence electrons. The predicted molar refractivity (Wildman–Crippen MR) is 84.8 cm³/mol. The number of hydrogen-bond donors (Lipinski definition) is 0. The van der Waals surface area contributed by atoms with Crippen molar-refractivity contribution in [3.8, 4) is 10.4 Å². The van der Waals surface area contributed by atoms with Gasteiger partial charge in [0.1, 0.15) is 5.15 Å². The first-order valence-electron chi connectivity index (χ1n) is 6.72. The number of pyridine rings is 1. The Bertz CT molecular complexity index is 652. The van der Waals surface area contributed by atoms with Gasteiger partial charge in [0.25, 0.3) is 0 Å². The lowest BCUT2D eigenvalue weighted by Crippen LogP contribution is -2.48. The quantitative estimate of drug-likeness (QED) is 0.797. The Kier molecular flexibility index (Phi) is 4.07. The van der Waals surface area contributed by atoms with Crippen LogP contribution in [0.4, 0.5) is 5.13 Å². The molecule has 0 spiro atoms. The molecular formula is C14H15ClN4OS. The number of carbonyl (C=O) groups is 1. The Balaban J connectivity index is 1.73. The van der Waals surface area contributed by atoms with Gasteiger partial charge in [-0.3, -0.25) is 4.79 Å². The van der Waals surface area contributed by atoms with Gasteiger partial charge in [0.2, 0.25) is 5.91 Å². The Morgan fingerprint density at radius 3 is 2.71 bits per heavy atom. The van der Waals surface area contributed by atoms with Crippen molar-refractivity contribution in [2.24, 2.45) is 0 Å². The standard InChI is InChI=1S/C14H15ClN4OS/c1-10(20)18-4-6-19(7-5-18)14-17-9-12(21-14)11-2-3-16-13(15)8-11/h2-3,8-9H,4-7H2,1H3. The van der Waals surface area contributed by atoms with Crippen LogP contribution in [0, 0.1) is 0 Å². The number of rotatable bonds is 2. The first-order chi connectivity index (χ1) is 10.1. The molecule has 5 nitrogen and oxygen atoms in total. The molecule has 0 bridgehead atoms. The number of hydrogen-bond acceptors (Lipinski definition) is 5. The van der Waals surface area contributed by atoms with Crippen LogP contribution >= 0.6 is 22.9 Å². The minimum Gasteiger partial charge on any atom is -0.345 e. The zero-order valence-electron chi connectivity index (χ0n) is 11.6. The molecule has 21 heavy (non-hydrogen) atoms. The van der Waals surface area contributed by atoms with E-state index >= 15 is 0 Å². The molecule has 1 amide bonds. The maximum Gasteiger partial charge on any atom is 0.219 e. The highest BCUT2D eigenvalue weighted by atomic mass is 35.5. The van der Waals surface area contributed by atoms with Gasteiger partial charge in [-0.05, 0) is 17.7 Å². The third-order valence-corrected chi connectivity index (χ3v) is 4.81. The summed E-state index contributed by atoms with van der Waals surface area (Å²) in [5.41, 5.74) is 1.03. The largest absolute Gasteiger partial charge is 0.345 e. The highest BCUT2D eigenvalue weighted by Crippen LogP contribution is 2.32. The number of piperazine rings is 1. The van der Waals surface area contributed by atoms with E-state index in [9.17, 15) is 4.79 Å². The second kappa shape index (κ2) is 5.99. The molecule has 7 heteroatoms. The van der Waals surface area contributed by atoms with Crippen molar-refractivity contribution in [3.05, 3.63) is 29.7 Å². The van der Waals surface area contributed by atoms with Gasteiger partial charge < -0.3 is 9.80 Å². The molecule has 1 fully saturated rings. The Hall–Kier alpha value is -1.66. The summed E-state index contributed by atoms with van der Waals surface area (Å²) in [4.78, 5) is 25.0. The van der Waals surface area contributed by atoms with E-state index in [-0.39, 0.29) is 5.91 Å². The van der Waals surface area contributed by atoms with Crippen LogP contribution in [0.1, 0.15) is 6.92 Å². The number of anilines is 1. The average Bonchev–Trinajstić information content (AvgIpc) is 2.97. The second-order valence-electron chi connectivity index (χ2n) is 4.87. The van der Waals surface area contributed by atoms with E-state index < -0.39 is 0 Å². The van der Waals surface area contributed by atoms with Gasteiger partial charge in [0.05, 0.1) is 4.88 Å². The maximum absolute atomic E-state index is 11.3. The first-order valence-corrected chi connectivity index (χ1v) is 7.91. The highest BCUT2D eigenvalue weighted by Gasteiger charge is 2.20. The van der Waals surface area contributed by atoms with Crippen LogP contribution in [0.5, 0.6) is 0 Å². The molecule has 1 aliphatic heterocycles. The molecule has 0 aliphatic carbocycles. The van der Waals surface area contributed by atoms with Crippen LogP contribution < -0.4 is 4.90 Å². The monoisotopic (exact) mass is 322 g/mol. The van der Waals surface area contributed by atoms with Crippen LogP contribution in [-0.4, -0.2) is 47.0 Å². The van der Waals surface area contributed by atoms with Gasteiger partial charge in [-0.2, -0.15) is 0 Å². The Morgan fingerprint density at radius 2 is 2.05 bits per heavy atom. The number of carbonyl (C=O) groups excluding carboxylic acids is 1. The normalized spacial score (nSPS) is 15.3. The van der Waals surface area contributed by atoms with Crippen molar-refractivity contribution in [1.82, 2.24) is 14.9 Å². The van der Waals surface area contributed by atoms with Crippen molar-refractivity contribution in [3.63, 3.8) is 0 Å². The maximum atomic E-state index is 11.3. The lowest BCUT2D eigenvalue weighted by atomic mass is 10.2. The third kappa shape index (κ3) is 3.16. The van der Waals surface area contributed by atoms with Crippen LogP contribution in [-0.2, 0) is 4.79 Å². The molecule has 0 aromatic carbocycles. The van der Waals surface area contributed by atoms with E-state index in [4.69, 9.17) is 11.6 Å². The number of thiazole rings is 1. The molecule has 0 radical (unpaired) electrons. The van der Waals surface area contributed by atoms with Crippen LogP contribution in [0.2, 0.25) is 5.15 Å². The van der Waals surface area contributed by atoms with Gasteiger partial charge in [0.15, 0.2) is 5.13 Å². The van der Waals surface area contributed by atoms with Crippen molar-refractivity contribution in [2.45, 2.75) is 6.92 Å². The van der Waals surface area contributed by atoms with Gasteiger partial charge in [-0.25, -0.2) is 9.97 Å². The zero-order valence-corrected chi connectivity index (χ0v) is 13.2. The number of halogens is 1. The minimum absolute atomic E-state index is 0.140. The minimum atomic E-state index is 0.140. The fourth-order valence-corrected chi connectivity index (χ4v) is 3.45. The molecule has 0 unspecified atom stereocenters. The second-order valence-corrected chi connectivity index (χ2v) is 6.26. The molecular weight excluding hydrogens is 308 g/mol. The van der Waals surface area contributed by atoms with E-state index in [1.807, 2.05) is 23.2 Å². The van der Waals surface area contributed by atoms with Crippen molar-refractivity contribution in [2.75, 3.05) is 31.1 Å². The number of amides is 1. The first kappa shape index (κ1) is 14.3. The van der Waals surface area contributed by atoms with Crippen LogP contribution in [0.3, 0.4) is 0 Å². The molecule has 0 saturated carbocycles. The van der Waals surface area contributed by atoms with E-state index in [1.54, 1.807) is 24.5 Å². The van der Waals surface area contributed by atoms with Gasteiger partial charge in [-0.1, -0.05) is 22.9 Å². The van der Waals surface area contributed by atoms with Crippen LogP contribution in [0.25, 0.3) is 10.4 Å². The molecule has 3 rings (SSSR count). The molecule has 1 aliphatic rings. The fourth-order valence-electron chi connectivity index (χ4n) is 2.31. The van der Waals surface area contributed by atoms with Crippen molar-refractivity contribution < 1.29 is 4.79 Å². The van der Waals surface area contributed by atoms with Gasteiger partial charge in [-0.15, -0.1) is 0 Å². The number of nitrogens with zero attached hydrogens (tertiary/aromatic N) is 4. The van der Waals surface area contributed by atoms with E-state index in [1.165, 1.54) is 0 Å². The molecule has 1 saturated heterocycles. The molecule has 0 atom stereocenters. The summed E-state index contributed by atoms with van der Waals surface area (Å²) >= 11 is 7.56. The van der Waals surface area contributed by atoms with Gasteiger partial charge in [0, 0.05) is 45.5 Å². The third-order valence-electron chi connectivity index (χ3n) is 3.50. The van der Waals surface area contributed by atoms with Gasteiger partial charge >= 0.3 is 0 Å². The summed E-state index contributed by atoms with van der Waals surface area (Å²) in [6.45, 7) is 4.77. The molecule has 2 aromatic rings. The highest BCUT2D eigenvalue weighted by molar-refractivity contribution is 7.18. The summed E-state index contributed by atoms with van der Waals surface area (Å²) < 4.78 is 0. The van der Waals surface area contributed by atoms with Crippen molar-refractivity contribution >= 4 is 34.0 Å². The van der Waals surface area contributed by atoms with Crippen LogP contribution in [0.15, 0.2) is 24.5 Å². The predicted octanol–water partition coefficient (Wildman–Crippen LogP) is 2.53. The molecule has 0 N–H and O–H groups in total. The Morgan fingerprint density at radius 1 is 1.29 bits per heavy atom. The molecule has 2 aromatic heterocycles. The lowest BCUT2D eigenvalue weighted by Gasteiger charge is -2.33. The molecule has 3 heterocycles. The van der Waals surface area contributed by atoms with E-state index in [0.717, 1.165) is 41.8 Å². The summed E-state index contributed by atoms with van der Waals surface area (Å²) in [7, 11) is 0. The summed E-state index contributed by atoms with van der Waals surface area (Å²) in [5.74, 6) is 0.140. The summed E-state index contributed by atoms with van der Waals surface area (Å²) in [6, 6.07) is 3.77. The van der Waals surface area contributed by atoms with E-state index in [2.05, 4.69) is 14.9 Å². The fraction of sp³-hybridized carbons (Fsp3) is 0.357. The topological polar surface area (TPSA) is 49.3 Å². The van der Waals surface area contributed by atoms with Crippen molar-refractivity contribution in [1.29, 1.82) is 0 Å². The smallest absolute Gasteiger partial charge is 0.219 e. The lowest BCUT2D eigenvalue weighted by molar-refractivity contribution is -0.129. The Labute approximate surface area is 132 Å². The summed E-state index contributed by atoms with van der Waals surface area (Å²) in [6.07, 6.45) is 3.56. The zero-order chi connectivity index (χ0) is 14.8. The van der Waals surface area contributed by atoms with E-state index in [0.29, 0.717) is 5.15 Å². The SMILES string of the molecule is CC(=O)N1CCN(c2ncc(-c3ccnc(Cl)c3)s2)CC1. The number of aromatic nitrogens is 2. The average molecular weight is 323 g/mol.